The van der Waals surface area contributed by atoms with Crippen molar-refractivity contribution in [3.63, 3.8) is 0 Å². The van der Waals surface area contributed by atoms with Crippen LogP contribution in [-0.4, -0.2) is 10.2 Å². The second-order valence-electron chi connectivity index (χ2n) is 5.06. The molecule has 0 spiro atoms. The van der Waals surface area contributed by atoms with Crippen LogP contribution in [0.5, 0.6) is 0 Å². The highest BCUT2D eigenvalue weighted by Gasteiger charge is 2.08. The Labute approximate surface area is 123 Å². The van der Waals surface area contributed by atoms with Crippen LogP contribution in [0.1, 0.15) is 0 Å². The lowest BCUT2D eigenvalue weighted by Gasteiger charge is -2.02. The second kappa shape index (κ2) is 4.91. The molecule has 4 aromatic rings. The van der Waals surface area contributed by atoms with Gasteiger partial charge in [0.15, 0.2) is 0 Å². The summed E-state index contributed by atoms with van der Waals surface area (Å²) in [5, 5.41) is 8.78. The molecule has 0 saturated carbocycles. The van der Waals surface area contributed by atoms with Crippen molar-refractivity contribution in [1.29, 1.82) is 0 Å². The van der Waals surface area contributed by atoms with E-state index in [1.54, 1.807) is 0 Å². The van der Waals surface area contributed by atoms with Gasteiger partial charge < -0.3 is 0 Å². The zero-order valence-corrected chi connectivity index (χ0v) is 11.5. The Bertz CT molecular complexity index is 877. The summed E-state index contributed by atoms with van der Waals surface area (Å²) in [5.41, 5.74) is 5.62. The standard InChI is InChI=1S/C19H14N2/c1-3-7-14(8-4-1)16-11-12-17-18(13-16)20-21-19(17)15-9-5-2-6-10-15/h1-13H,(H,20,21). The van der Waals surface area contributed by atoms with Crippen LogP contribution in [0.3, 0.4) is 0 Å². The minimum absolute atomic E-state index is 1.00. The third-order valence-electron chi connectivity index (χ3n) is 3.72. The van der Waals surface area contributed by atoms with Crippen LogP contribution in [0, 0.1) is 0 Å². The summed E-state index contributed by atoms with van der Waals surface area (Å²) in [6.07, 6.45) is 0. The number of benzene rings is 3. The molecule has 1 heterocycles. The van der Waals surface area contributed by atoms with Crippen molar-refractivity contribution in [3.8, 4) is 22.4 Å². The molecular formula is C19H14N2. The zero-order valence-electron chi connectivity index (χ0n) is 11.5. The van der Waals surface area contributed by atoms with Gasteiger partial charge in [0, 0.05) is 10.9 Å². The Balaban J connectivity index is 1.85. The largest absolute Gasteiger partial charge is 0.277 e. The number of aromatic nitrogens is 2. The van der Waals surface area contributed by atoms with Crippen LogP contribution in [0.4, 0.5) is 0 Å². The highest BCUT2D eigenvalue weighted by atomic mass is 15.1. The first-order valence-corrected chi connectivity index (χ1v) is 7.01. The van der Waals surface area contributed by atoms with E-state index >= 15 is 0 Å². The van der Waals surface area contributed by atoms with Crippen LogP contribution in [-0.2, 0) is 0 Å². The molecule has 0 aliphatic carbocycles. The smallest absolute Gasteiger partial charge is 0.0999 e. The van der Waals surface area contributed by atoms with E-state index < -0.39 is 0 Å². The summed E-state index contributed by atoms with van der Waals surface area (Å²) in [4.78, 5) is 0. The first-order valence-electron chi connectivity index (χ1n) is 7.01. The molecule has 0 saturated heterocycles. The SMILES string of the molecule is c1ccc(-c2ccc3c(-c4ccccc4)n[nH]c3c2)cc1. The van der Waals surface area contributed by atoms with Crippen molar-refractivity contribution in [1.82, 2.24) is 10.2 Å². The normalized spacial score (nSPS) is 10.9. The van der Waals surface area contributed by atoms with Crippen LogP contribution < -0.4 is 0 Å². The van der Waals surface area contributed by atoms with E-state index in [0.29, 0.717) is 0 Å². The monoisotopic (exact) mass is 270 g/mol. The molecule has 0 bridgehead atoms. The minimum Gasteiger partial charge on any atom is -0.277 e. The van der Waals surface area contributed by atoms with Gasteiger partial charge >= 0.3 is 0 Å². The average molecular weight is 270 g/mol. The number of fused-ring (bicyclic) bond motifs is 1. The van der Waals surface area contributed by atoms with Gasteiger partial charge in [-0.25, -0.2) is 0 Å². The number of aromatic amines is 1. The van der Waals surface area contributed by atoms with E-state index in [2.05, 4.69) is 64.8 Å². The molecule has 0 radical (unpaired) electrons. The fraction of sp³-hybridized carbons (Fsp3) is 0. The average Bonchev–Trinajstić information content (AvgIpc) is 2.99. The van der Waals surface area contributed by atoms with Crippen LogP contribution in [0.25, 0.3) is 33.3 Å². The van der Waals surface area contributed by atoms with Crippen molar-refractivity contribution in [2.24, 2.45) is 0 Å². The Kier molecular flexibility index (Phi) is 2.79. The van der Waals surface area contributed by atoms with E-state index in [-0.39, 0.29) is 0 Å². The van der Waals surface area contributed by atoms with Gasteiger partial charge in [-0.05, 0) is 23.3 Å². The Hall–Kier alpha value is -2.87. The number of hydrogen-bond acceptors (Lipinski definition) is 1. The predicted molar refractivity (Wildman–Crippen MR) is 87.0 cm³/mol. The van der Waals surface area contributed by atoms with Crippen molar-refractivity contribution < 1.29 is 0 Å². The molecule has 2 heteroatoms. The number of nitrogens with one attached hydrogen (secondary N) is 1. The van der Waals surface area contributed by atoms with Crippen LogP contribution >= 0.6 is 0 Å². The summed E-state index contributed by atoms with van der Waals surface area (Å²) < 4.78 is 0. The van der Waals surface area contributed by atoms with Crippen molar-refractivity contribution in [2.45, 2.75) is 0 Å². The fourth-order valence-corrected chi connectivity index (χ4v) is 2.65. The zero-order chi connectivity index (χ0) is 14.1. The highest BCUT2D eigenvalue weighted by molar-refractivity contribution is 5.95. The maximum atomic E-state index is 4.48. The van der Waals surface area contributed by atoms with Gasteiger partial charge in [0.2, 0.25) is 0 Å². The molecule has 0 unspecified atom stereocenters. The van der Waals surface area contributed by atoms with Crippen molar-refractivity contribution >= 4 is 10.9 Å². The summed E-state index contributed by atoms with van der Waals surface area (Å²) in [6, 6.07) is 27.1. The molecule has 0 fully saturated rings. The van der Waals surface area contributed by atoms with E-state index in [4.69, 9.17) is 0 Å². The maximum absolute atomic E-state index is 4.48. The lowest BCUT2D eigenvalue weighted by molar-refractivity contribution is 1.12. The summed E-state index contributed by atoms with van der Waals surface area (Å²) in [7, 11) is 0. The molecule has 1 aromatic heterocycles. The lowest BCUT2D eigenvalue weighted by atomic mass is 10.0. The molecule has 4 rings (SSSR count). The Morgan fingerprint density at radius 3 is 2.00 bits per heavy atom. The third-order valence-corrected chi connectivity index (χ3v) is 3.72. The van der Waals surface area contributed by atoms with E-state index in [9.17, 15) is 0 Å². The highest BCUT2D eigenvalue weighted by Crippen LogP contribution is 2.29. The van der Waals surface area contributed by atoms with Gasteiger partial charge in [0.25, 0.3) is 0 Å². The number of H-pyrrole nitrogens is 1. The van der Waals surface area contributed by atoms with Crippen LogP contribution in [0.2, 0.25) is 0 Å². The number of rotatable bonds is 2. The predicted octanol–water partition coefficient (Wildman–Crippen LogP) is 4.90. The number of nitrogens with zero attached hydrogens (tertiary/aromatic N) is 1. The molecule has 100 valence electrons. The van der Waals surface area contributed by atoms with Gasteiger partial charge in [0.05, 0.1) is 11.2 Å². The van der Waals surface area contributed by atoms with Gasteiger partial charge in [-0.2, -0.15) is 5.10 Å². The molecule has 0 atom stereocenters. The molecule has 3 aromatic carbocycles. The minimum atomic E-state index is 1.00. The summed E-state index contributed by atoms with van der Waals surface area (Å²) in [6.45, 7) is 0. The molecule has 2 nitrogen and oxygen atoms in total. The van der Waals surface area contributed by atoms with E-state index in [1.807, 2.05) is 24.3 Å². The van der Waals surface area contributed by atoms with Gasteiger partial charge in [-0.3, -0.25) is 5.10 Å². The summed E-state index contributed by atoms with van der Waals surface area (Å²) in [5.74, 6) is 0. The first kappa shape index (κ1) is 11.9. The third kappa shape index (κ3) is 2.11. The first-order chi connectivity index (χ1) is 10.4. The van der Waals surface area contributed by atoms with Gasteiger partial charge in [-0.1, -0.05) is 66.7 Å². The van der Waals surface area contributed by atoms with E-state index in [0.717, 1.165) is 22.2 Å². The van der Waals surface area contributed by atoms with Gasteiger partial charge in [0.1, 0.15) is 0 Å². The molecular weight excluding hydrogens is 256 g/mol. The molecule has 0 aliphatic rings. The Morgan fingerprint density at radius 2 is 1.29 bits per heavy atom. The quantitative estimate of drug-likeness (QED) is 0.551. The second-order valence-corrected chi connectivity index (χ2v) is 5.06. The maximum Gasteiger partial charge on any atom is 0.0999 e. The summed E-state index contributed by atoms with van der Waals surface area (Å²) >= 11 is 0. The number of hydrogen-bond donors (Lipinski definition) is 1. The molecule has 21 heavy (non-hydrogen) atoms. The van der Waals surface area contributed by atoms with Crippen LogP contribution in [0.15, 0.2) is 78.9 Å². The van der Waals surface area contributed by atoms with E-state index in [1.165, 1.54) is 11.1 Å². The molecule has 1 N–H and O–H groups in total. The van der Waals surface area contributed by atoms with Crippen molar-refractivity contribution in [2.75, 3.05) is 0 Å². The topological polar surface area (TPSA) is 28.7 Å². The molecule has 0 amide bonds. The Morgan fingerprint density at radius 1 is 0.619 bits per heavy atom. The molecule has 0 aliphatic heterocycles. The van der Waals surface area contributed by atoms with Crippen molar-refractivity contribution in [3.05, 3.63) is 78.9 Å². The van der Waals surface area contributed by atoms with Gasteiger partial charge in [-0.15, -0.1) is 0 Å². The fourth-order valence-electron chi connectivity index (χ4n) is 2.65. The lowest BCUT2D eigenvalue weighted by Crippen LogP contribution is -1.79.